The van der Waals surface area contributed by atoms with Crippen molar-refractivity contribution in [3.8, 4) is 17.0 Å². The molecular formula is C18H15Cl2FN4O3S. The average molecular weight is 457 g/mol. The molecule has 0 fully saturated rings. The van der Waals surface area contributed by atoms with E-state index >= 15 is 0 Å². The smallest absolute Gasteiger partial charge is 0.295 e. The molecule has 0 aliphatic heterocycles. The molecule has 1 amide bonds. The number of aromatic nitrogens is 2. The van der Waals surface area contributed by atoms with E-state index in [1.54, 1.807) is 6.20 Å². The fraction of sp³-hybridized carbons (Fsp3) is 0.167. The molecule has 3 N–H and O–H groups in total. The number of ether oxygens (including phenoxy) is 1. The quantitative estimate of drug-likeness (QED) is 0.532. The number of nitrogen functional groups attached to an aromatic ring is 1. The monoisotopic (exact) mass is 456 g/mol. The first-order valence-corrected chi connectivity index (χ1v) is 9.70. The fourth-order valence-electron chi connectivity index (χ4n) is 2.45. The van der Waals surface area contributed by atoms with E-state index in [9.17, 15) is 9.18 Å². The SMILES string of the molecule is COc1c(Cl)ccc(-c2cc(N)c(Cl)c(C(=O)NOCc3cnc(C)s3)n2)c1F. The fourth-order valence-corrected chi connectivity index (χ4v) is 3.56. The first kappa shape index (κ1) is 21.3. The number of hydroxylamine groups is 1. The highest BCUT2D eigenvalue weighted by Crippen LogP contribution is 2.36. The van der Waals surface area contributed by atoms with E-state index < -0.39 is 11.7 Å². The van der Waals surface area contributed by atoms with Gasteiger partial charge in [0.05, 0.1) is 38.4 Å². The Kier molecular flexibility index (Phi) is 6.53. The molecule has 0 saturated heterocycles. The molecule has 29 heavy (non-hydrogen) atoms. The number of nitrogens with one attached hydrogen (secondary N) is 1. The van der Waals surface area contributed by atoms with Gasteiger partial charge in [-0.15, -0.1) is 11.3 Å². The van der Waals surface area contributed by atoms with Crippen LogP contribution in [0.1, 0.15) is 20.4 Å². The van der Waals surface area contributed by atoms with Gasteiger partial charge in [-0.3, -0.25) is 9.63 Å². The summed E-state index contributed by atoms with van der Waals surface area (Å²) >= 11 is 13.5. The molecule has 0 radical (unpaired) electrons. The minimum atomic E-state index is -0.739. The normalized spacial score (nSPS) is 10.8. The molecule has 0 spiro atoms. The summed E-state index contributed by atoms with van der Waals surface area (Å²) < 4.78 is 19.7. The number of benzene rings is 1. The van der Waals surface area contributed by atoms with Crippen LogP contribution < -0.4 is 16.0 Å². The van der Waals surface area contributed by atoms with Gasteiger partial charge in [0, 0.05) is 11.8 Å². The number of halogens is 3. The number of carbonyl (C=O) groups is 1. The number of thiazole rings is 1. The van der Waals surface area contributed by atoms with Crippen LogP contribution in [-0.2, 0) is 11.4 Å². The number of nitrogens with two attached hydrogens (primary N) is 1. The minimum absolute atomic E-state index is 0.0460. The van der Waals surface area contributed by atoms with Gasteiger partial charge in [-0.2, -0.15) is 0 Å². The van der Waals surface area contributed by atoms with Gasteiger partial charge in [-0.05, 0) is 25.1 Å². The van der Waals surface area contributed by atoms with Gasteiger partial charge in [-0.25, -0.2) is 19.8 Å². The minimum Gasteiger partial charge on any atom is -0.492 e. The maximum absolute atomic E-state index is 14.7. The third-order valence-electron chi connectivity index (χ3n) is 3.78. The summed E-state index contributed by atoms with van der Waals surface area (Å²) in [6, 6.07) is 4.21. The van der Waals surface area contributed by atoms with Crippen LogP contribution in [0, 0.1) is 12.7 Å². The Morgan fingerprint density at radius 3 is 2.79 bits per heavy atom. The van der Waals surface area contributed by atoms with Crippen molar-refractivity contribution < 1.29 is 18.8 Å². The van der Waals surface area contributed by atoms with Crippen LogP contribution in [0.2, 0.25) is 10.0 Å². The number of pyridine rings is 1. The van der Waals surface area contributed by atoms with Crippen molar-refractivity contribution in [3.05, 3.63) is 55.8 Å². The summed E-state index contributed by atoms with van der Waals surface area (Å²) in [5.41, 5.74) is 8.11. The molecule has 0 aliphatic carbocycles. The van der Waals surface area contributed by atoms with E-state index in [-0.39, 0.29) is 45.0 Å². The van der Waals surface area contributed by atoms with Gasteiger partial charge >= 0.3 is 0 Å². The predicted molar refractivity (Wildman–Crippen MR) is 110 cm³/mol. The zero-order chi connectivity index (χ0) is 21.1. The lowest BCUT2D eigenvalue weighted by Crippen LogP contribution is -2.25. The number of hydrogen-bond donors (Lipinski definition) is 2. The molecule has 0 bridgehead atoms. The zero-order valence-electron chi connectivity index (χ0n) is 15.3. The number of nitrogens with zero attached hydrogens (tertiary/aromatic N) is 2. The van der Waals surface area contributed by atoms with E-state index in [1.807, 2.05) is 6.92 Å². The van der Waals surface area contributed by atoms with Crippen molar-refractivity contribution in [2.45, 2.75) is 13.5 Å². The van der Waals surface area contributed by atoms with Gasteiger partial charge < -0.3 is 10.5 Å². The molecule has 1 aromatic carbocycles. The number of carbonyl (C=O) groups excluding carboxylic acids is 1. The highest BCUT2D eigenvalue weighted by Gasteiger charge is 2.21. The van der Waals surface area contributed by atoms with Crippen molar-refractivity contribution in [1.82, 2.24) is 15.4 Å². The molecule has 2 heterocycles. The van der Waals surface area contributed by atoms with E-state index in [2.05, 4.69) is 15.4 Å². The molecule has 7 nitrogen and oxygen atoms in total. The van der Waals surface area contributed by atoms with Gasteiger partial charge in [0.15, 0.2) is 17.3 Å². The van der Waals surface area contributed by atoms with Crippen LogP contribution in [0.15, 0.2) is 24.4 Å². The van der Waals surface area contributed by atoms with Crippen LogP contribution in [0.4, 0.5) is 10.1 Å². The van der Waals surface area contributed by atoms with E-state index in [4.69, 9.17) is 38.5 Å². The van der Waals surface area contributed by atoms with E-state index in [0.29, 0.717) is 0 Å². The molecule has 0 atom stereocenters. The van der Waals surface area contributed by atoms with Gasteiger partial charge in [0.1, 0.15) is 6.61 Å². The molecule has 3 rings (SSSR count). The Morgan fingerprint density at radius 1 is 1.38 bits per heavy atom. The van der Waals surface area contributed by atoms with Crippen molar-refractivity contribution >= 4 is 46.1 Å². The molecule has 152 valence electrons. The Morgan fingerprint density at radius 2 is 2.14 bits per heavy atom. The zero-order valence-corrected chi connectivity index (χ0v) is 17.6. The van der Waals surface area contributed by atoms with E-state index in [0.717, 1.165) is 9.88 Å². The van der Waals surface area contributed by atoms with Crippen molar-refractivity contribution in [2.24, 2.45) is 0 Å². The third-order valence-corrected chi connectivity index (χ3v) is 5.36. The predicted octanol–water partition coefficient (Wildman–Crippen LogP) is 4.41. The van der Waals surface area contributed by atoms with Gasteiger partial charge in [-0.1, -0.05) is 23.2 Å². The number of aryl methyl sites for hydroxylation is 1. The Bertz CT molecular complexity index is 1080. The lowest BCUT2D eigenvalue weighted by Gasteiger charge is -2.12. The highest BCUT2D eigenvalue weighted by molar-refractivity contribution is 7.11. The van der Waals surface area contributed by atoms with Crippen LogP contribution in [0.25, 0.3) is 11.3 Å². The summed E-state index contributed by atoms with van der Waals surface area (Å²) in [6.07, 6.45) is 1.65. The summed E-state index contributed by atoms with van der Waals surface area (Å²) in [5.74, 6) is -1.61. The topological polar surface area (TPSA) is 99.4 Å². The lowest BCUT2D eigenvalue weighted by atomic mass is 10.1. The van der Waals surface area contributed by atoms with Crippen LogP contribution in [0.5, 0.6) is 5.75 Å². The molecule has 0 saturated carbocycles. The van der Waals surface area contributed by atoms with E-state index in [1.165, 1.54) is 36.6 Å². The van der Waals surface area contributed by atoms with Crippen molar-refractivity contribution in [2.75, 3.05) is 12.8 Å². The summed E-state index contributed by atoms with van der Waals surface area (Å²) in [7, 11) is 1.29. The molecule has 3 aromatic rings. The number of hydrogen-bond acceptors (Lipinski definition) is 7. The standard InChI is InChI=1S/C18H15Cl2FN4O3S/c1-8-23-6-9(29-8)7-28-25-18(26)16-14(20)12(22)5-13(24-16)10-3-4-11(19)17(27-2)15(10)21/h3-6H,7H2,1-2H3,(H2,22,24)(H,25,26). The first-order chi connectivity index (χ1) is 13.8. The average Bonchev–Trinajstić information content (AvgIpc) is 3.09. The third kappa shape index (κ3) is 4.59. The van der Waals surface area contributed by atoms with Crippen molar-refractivity contribution in [1.29, 1.82) is 0 Å². The molecule has 2 aromatic heterocycles. The van der Waals surface area contributed by atoms with Crippen LogP contribution in [-0.4, -0.2) is 23.0 Å². The number of anilines is 1. The molecule has 0 aliphatic rings. The summed E-state index contributed by atoms with van der Waals surface area (Å²) in [4.78, 5) is 26.7. The van der Waals surface area contributed by atoms with Gasteiger partial charge in [0.2, 0.25) is 0 Å². The first-order valence-electron chi connectivity index (χ1n) is 8.13. The Balaban J connectivity index is 1.87. The van der Waals surface area contributed by atoms with Crippen LogP contribution in [0.3, 0.4) is 0 Å². The highest BCUT2D eigenvalue weighted by atomic mass is 35.5. The maximum atomic E-state index is 14.7. The Labute approximate surface area is 179 Å². The summed E-state index contributed by atoms with van der Waals surface area (Å²) in [5, 5.41) is 0.894. The number of rotatable bonds is 6. The second-order valence-electron chi connectivity index (χ2n) is 5.77. The Hall–Kier alpha value is -2.46. The molecule has 11 heteroatoms. The second-order valence-corrected chi connectivity index (χ2v) is 7.87. The number of amides is 1. The summed E-state index contributed by atoms with van der Waals surface area (Å²) in [6.45, 7) is 1.97. The maximum Gasteiger partial charge on any atom is 0.295 e. The van der Waals surface area contributed by atoms with Gasteiger partial charge in [0.25, 0.3) is 5.91 Å². The molecular weight excluding hydrogens is 442 g/mol. The second kappa shape index (κ2) is 8.91. The lowest BCUT2D eigenvalue weighted by molar-refractivity contribution is 0.0238. The molecule has 0 unspecified atom stereocenters. The van der Waals surface area contributed by atoms with Crippen LogP contribution >= 0.6 is 34.5 Å². The largest absolute Gasteiger partial charge is 0.492 e. The van der Waals surface area contributed by atoms with Crippen molar-refractivity contribution in [3.63, 3.8) is 0 Å². The number of methoxy groups -OCH3 is 1.